The first-order valence-electron chi connectivity index (χ1n) is 5.80. The monoisotopic (exact) mass is 266 g/mol. The van der Waals surface area contributed by atoms with E-state index in [0.29, 0.717) is 5.56 Å². The molecular formula is C15H13F3O. The van der Waals surface area contributed by atoms with Gasteiger partial charge in [-0.3, -0.25) is 0 Å². The molecule has 2 rings (SSSR count). The van der Waals surface area contributed by atoms with E-state index in [4.69, 9.17) is 5.11 Å². The Hall–Kier alpha value is -1.81. The highest BCUT2D eigenvalue weighted by Crippen LogP contribution is 2.37. The Kier molecular flexibility index (Phi) is 3.62. The summed E-state index contributed by atoms with van der Waals surface area (Å²) in [5, 5.41) is 8.96. The number of aliphatic hydroxyl groups is 1. The third kappa shape index (κ3) is 2.96. The maximum atomic E-state index is 13.0. The maximum absolute atomic E-state index is 13.0. The molecule has 0 aliphatic heterocycles. The zero-order chi connectivity index (χ0) is 14.0. The minimum Gasteiger partial charge on any atom is -0.392 e. The highest BCUT2D eigenvalue weighted by molar-refractivity contribution is 5.68. The van der Waals surface area contributed by atoms with Gasteiger partial charge in [-0.05, 0) is 29.7 Å². The molecular weight excluding hydrogens is 253 g/mol. The molecule has 0 radical (unpaired) electrons. The lowest BCUT2D eigenvalue weighted by molar-refractivity contribution is -0.137. The van der Waals surface area contributed by atoms with E-state index in [2.05, 4.69) is 0 Å². The van der Waals surface area contributed by atoms with Crippen LogP contribution in [-0.2, 0) is 12.8 Å². The minimum absolute atomic E-state index is 0.129. The van der Waals surface area contributed by atoms with Gasteiger partial charge in [0.2, 0.25) is 0 Å². The summed E-state index contributed by atoms with van der Waals surface area (Å²) in [5.41, 5.74) is 1.17. The first-order chi connectivity index (χ1) is 8.91. The molecule has 2 aromatic rings. The van der Waals surface area contributed by atoms with E-state index in [9.17, 15) is 13.2 Å². The molecule has 0 atom stereocenters. The molecule has 0 aliphatic rings. The molecule has 2 aromatic carbocycles. The van der Waals surface area contributed by atoms with Gasteiger partial charge < -0.3 is 5.11 Å². The summed E-state index contributed by atoms with van der Waals surface area (Å²) in [6.07, 6.45) is -4.44. The van der Waals surface area contributed by atoms with Crippen LogP contribution in [0.15, 0.2) is 42.5 Å². The van der Waals surface area contributed by atoms with Gasteiger partial charge in [-0.2, -0.15) is 13.2 Å². The molecule has 0 aromatic heterocycles. The maximum Gasteiger partial charge on any atom is 0.417 e. The van der Waals surface area contributed by atoms with Gasteiger partial charge in [-0.25, -0.2) is 0 Å². The summed E-state index contributed by atoms with van der Waals surface area (Å²) >= 11 is 0. The van der Waals surface area contributed by atoms with Crippen molar-refractivity contribution in [3.63, 3.8) is 0 Å². The van der Waals surface area contributed by atoms with Crippen LogP contribution in [0.1, 0.15) is 16.7 Å². The van der Waals surface area contributed by atoms with Gasteiger partial charge in [-0.15, -0.1) is 0 Å². The lowest BCUT2D eigenvalue weighted by Crippen LogP contribution is -2.08. The highest BCUT2D eigenvalue weighted by atomic mass is 19.4. The Labute approximate surface area is 109 Å². The van der Waals surface area contributed by atoms with Crippen molar-refractivity contribution in [3.05, 3.63) is 59.2 Å². The summed E-state index contributed by atoms with van der Waals surface area (Å²) < 4.78 is 39.1. The zero-order valence-corrected chi connectivity index (χ0v) is 10.3. The average Bonchev–Trinajstić information content (AvgIpc) is 2.38. The molecule has 0 spiro atoms. The van der Waals surface area contributed by atoms with Gasteiger partial charge in [0, 0.05) is 0 Å². The number of aryl methyl sites for hydroxylation is 1. The summed E-state index contributed by atoms with van der Waals surface area (Å²) in [4.78, 5) is 0. The van der Waals surface area contributed by atoms with Crippen LogP contribution >= 0.6 is 0 Å². The molecule has 0 unspecified atom stereocenters. The van der Waals surface area contributed by atoms with Gasteiger partial charge in [-0.1, -0.05) is 42.0 Å². The molecule has 4 heteroatoms. The van der Waals surface area contributed by atoms with Crippen molar-refractivity contribution in [2.75, 3.05) is 0 Å². The van der Waals surface area contributed by atoms with Gasteiger partial charge in [0.1, 0.15) is 0 Å². The fourth-order valence-electron chi connectivity index (χ4n) is 1.91. The molecule has 0 saturated heterocycles. The summed E-state index contributed by atoms with van der Waals surface area (Å²) in [6.45, 7) is 1.47. The number of alkyl halides is 3. The number of hydrogen-bond acceptors (Lipinski definition) is 1. The largest absolute Gasteiger partial charge is 0.417 e. The number of hydrogen-bond donors (Lipinski definition) is 1. The molecule has 100 valence electrons. The van der Waals surface area contributed by atoms with Crippen LogP contribution in [0.25, 0.3) is 11.1 Å². The van der Waals surface area contributed by atoms with Crippen molar-refractivity contribution in [2.45, 2.75) is 19.7 Å². The molecule has 0 heterocycles. The van der Waals surface area contributed by atoms with E-state index in [0.717, 1.165) is 11.6 Å². The van der Waals surface area contributed by atoms with Gasteiger partial charge in [0.05, 0.1) is 12.2 Å². The molecule has 0 fully saturated rings. The van der Waals surface area contributed by atoms with E-state index in [-0.39, 0.29) is 11.1 Å². The molecule has 19 heavy (non-hydrogen) atoms. The van der Waals surface area contributed by atoms with Gasteiger partial charge in [0.25, 0.3) is 0 Å². The lowest BCUT2D eigenvalue weighted by atomic mass is 9.96. The Morgan fingerprint density at radius 1 is 1.00 bits per heavy atom. The minimum atomic E-state index is -4.44. The Morgan fingerprint density at radius 2 is 1.63 bits per heavy atom. The standard InChI is InChI=1S/C15H13F3O/c1-10-2-5-12(6-3-10)13-7-4-11(9-19)8-14(13)15(16,17)18/h2-8,19H,9H2,1H3. The predicted octanol–water partition coefficient (Wildman–Crippen LogP) is 4.17. The lowest BCUT2D eigenvalue weighted by Gasteiger charge is -2.14. The molecule has 0 amide bonds. The molecule has 0 aliphatic carbocycles. The number of benzene rings is 2. The SMILES string of the molecule is Cc1ccc(-c2ccc(CO)cc2C(F)(F)F)cc1. The molecule has 0 bridgehead atoms. The fourth-order valence-corrected chi connectivity index (χ4v) is 1.91. The van der Waals surface area contributed by atoms with Gasteiger partial charge in [0.15, 0.2) is 0 Å². The third-order valence-electron chi connectivity index (χ3n) is 2.93. The van der Waals surface area contributed by atoms with E-state index in [1.54, 1.807) is 24.3 Å². The Morgan fingerprint density at radius 3 is 2.16 bits per heavy atom. The first-order valence-corrected chi connectivity index (χ1v) is 5.80. The van der Waals surface area contributed by atoms with Gasteiger partial charge >= 0.3 is 6.18 Å². The highest BCUT2D eigenvalue weighted by Gasteiger charge is 2.33. The normalized spacial score (nSPS) is 11.6. The van der Waals surface area contributed by atoms with Crippen molar-refractivity contribution in [1.82, 2.24) is 0 Å². The predicted molar refractivity (Wildman–Crippen MR) is 67.5 cm³/mol. The van der Waals surface area contributed by atoms with Crippen molar-refractivity contribution in [3.8, 4) is 11.1 Å². The van der Waals surface area contributed by atoms with E-state index >= 15 is 0 Å². The second-order valence-corrected chi connectivity index (χ2v) is 4.40. The average molecular weight is 266 g/mol. The zero-order valence-electron chi connectivity index (χ0n) is 10.3. The fraction of sp³-hybridized carbons (Fsp3) is 0.200. The van der Waals surface area contributed by atoms with Crippen LogP contribution in [0.5, 0.6) is 0 Å². The quantitative estimate of drug-likeness (QED) is 0.864. The Bertz CT molecular complexity index is 571. The number of halogens is 3. The smallest absolute Gasteiger partial charge is 0.392 e. The number of rotatable bonds is 2. The van der Waals surface area contributed by atoms with E-state index in [1.165, 1.54) is 12.1 Å². The molecule has 1 N–H and O–H groups in total. The summed E-state index contributed by atoms with van der Waals surface area (Å²) in [7, 11) is 0. The van der Waals surface area contributed by atoms with Crippen molar-refractivity contribution in [2.24, 2.45) is 0 Å². The Balaban J connectivity index is 2.59. The topological polar surface area (TPSA) is 20.2 Å². The molecule has 0 saturated carbocycles. The number of aliphatic hydroxyl groups excluding tert-OH is 1. The first kappa shape index (κ1) is 13.6. The van der Waals surface area contributed by atoms with Crippen molar-refractivity contribution >= 4 is 0 Å². The van der Waals surface area contributed by atoms with Crippen molar-refractivity contribution in [1.29, 1.82) is 0 Å². The second-order valence-electron chi connectivity index (χ2n) is 4.40. The van der Waals surface area contributed by atoms with Crippen LogP contribution in [0.2, 0.25) is 0 Å². The van der Waals surface area contributed by atoms with Crippen LogP contribution in [0.4, 0.5) is 13.2 Å². The third-order valence-corrected chi connectivity index (χ3v) is 2.93. The van der Waals surface area contributed by atoms with Crippen LogP contribution < -0.4 is 0 Å². The summed E-state index contributed by atoms with van der Waals surface area (Å²) in [5.74, 6) is 0. The van der Waals surface area contributed by atoms with E-state index < -0.39 is 18.3 Å². The van der Waals surface area contributed by atoms with Crippen LogP contribution in [0, 0.1) is 6.92 Å². The van der Waals surface area contributed by atoms with E-state index in [1.807, 2.05) is 6.92 Å². The van der Waals surface area contributed by atoms with Crippen LogP contribution in [0.3, 0.4) is 0 Å². The van der Waals surface area contributed by atoms with Crippen LogP contribution in [-0.4, -0.2) is 5.11 Å². The van der Waals surface area contributed by atoms with Crippen molar-refractivity contribution < 1.29 is 18.3 Å². The molecule has 1 nitrogen and oxygen atoms in total. The second kappa shape index (κ2) is 5.05. The summed E-state index contributed by atoms with van der Waals surface area (Å²) in [6, 6.07) is 10.8.